The first-order valence-corrected chi connectivity index (χ1v) is 6.94. The maximum atomic E-state index is 3.63. The highest BCUT2D eigenvalue weighted by Gasteiger charge is 2.17. The lowest BCUT2D eigenvalue weighted by molar-refractivity contribution is 0.189. The maximum Gasteiger partial charge on any atom is -0.00157 e. The molecular weight excluding hydrogens is 196 g/mol. The van der Waals surface area contributed by atoms with Gasteiger partial charge in [-0.25, -0.2) is 0 Å². The Labute approximate surface area is 102 Å². The van der Waals surface area contributed by atoms with Crippen LogP contribution in [0.2, 0.25) is 0 Å². The van der Waals surface area contributed by atoms with Crippen molar-refractivity contribution in [2.24, 2.45) is 11.3 Å². The predicted molar refractivity (Wildman–Crippen MR) is 71.8 cm³/mol. The molecule has 0 aliphatic carbocycles. The molecule has 96 valence electrons. The van der Waals surface area contributed by atoms with Gasteiger partial charge >= 0.3 is 0 Å². The second-order valence-electron chi connectivity index (χ2n) is 6.39. The van der Waals surface area contributed by atoms with E-state index in [1.165, 1.54) is 52.0 Å². The van der Waals surface area contributed by atoms with Crippen LogP contribution in [-0.4, -0.2) is 37.6 Å². The number of piperidine rings is 1. The van der Waals surface area contributed by atoms with Gasteiger partial charge in [-0.05, 0) is 63.3 Å². The third-order valence-corrected chi connectivity index (χ3v) is 3.64. The Hall–Kier alpha value is -0.0800. The zero-order valence-corrected chi connectivity index (χ0v) is 11.7. The number of nitrogens with one attached hydrogen (secondary N) is 1. The lowest BCUT2D eigenvalue weighted by Crippen LogP contribution is -2.37. The van der Waals surface area contributed by atoms with Gasteiger partial charge in [0, 0.05) is 0 Å². The molecule has 0 amide bonds. The van der Waals surface area contributed by atoms with Gasteiger partial charge in [0.1, 0.15) is 0 Å². The van der Waals surface area contributed by atoms with Gasteiger partial charge in [0.2, 0.25) is 0 Å². The van der Waals surface area contributed by atoms with Crippen molar-refractivity contribution in [3.8, 4) is 0 Å². The van der Waals surface area contributed by atoms with Crippen LogP contribution in [0.3, 0.4) is 0 Å². The minimum atomic E-state index is 0.471. The van der Waals surface area contributed by atoms with Crippen LogP contribution < -0.4 is 5.32 Å². The van der Waals surface area contributed by atoms with Crippen molar-refractivity contribution < 1.29 is 0 Å². The highest BCUT2D eigenvalue weighted by Crippen LogP contribution is 2.18. The lowest BCUT2D eigenvalue weighted by Gasteiger charge is -2.31. The number of nitrogens with zero attached hydrogens (tertiary/aromatic N) is 1. The SMILES string of the molecule is CCN1CCC(CNCCC(C)(C)C)CC1. The van der Waals surface area contributed by atoms with E-state index in [1.54, 1.807) is 0 Å². The number of hydrogen-bond donors (Lipinski definition) is 1. The molecule has 1 aliphatic heterocycles. The van der Waals surface area contributed by atoms with E-state index in [-0.39, 0.29) is 0 Å². The minimum absolute atomic E-state index is 0.471. The van der Waals surface area contributed by atoms with E-state index >= 15 is 0 Å². The molecule has 0 aromatic heterocycles. The average molecular weight is 226 g/mol. The van der Waals surface area contributed by atoms with E-state index in [4.69, 9.17) is 0 Å². The van der Waals surface area contributed by atoms with Crippen LogP contribution in [0.1, 0.15) is 47.0 Å². The average Bonchev–Trinajstić information content (AvgIpc) is 2.24. The summed E-state index contributed by atoms with van der Waals surface area (Å²) in [5.41, 5.74) is 0.471. The quantitative estimate of drug-likeness (QED) is 0.725. The van der Waals surface area contributed by atoms with Gasteiger partial charge in [-0.2, -0.15) is 0 Å². The van der Waals surface area contributed by atoms with Gasteiger partial charge in [0.25, 0.3) is 0 Å². The molecule has 0 spiro atoms. The van der Waals surface area contributed by atoms with Crippen molar-refractivity contribution >= 4 is 0 Å². The van der Waals surface area contributed by atoms with Gasteiger partial charge < -0.3 is 10.2 Å². The Morgan fingerprint density at radius 1 is 1.19 bits per heavy atom. The lowest BCUT2D eigenvalue weighted by atomic mass is 9.92. The van der Waals surface area contributed by atoms with Crippen LogP contribution in [0.5, 0.6) is 0 Å². The van der Waals surface area contributed by atoms with E-state index in [0.717, 1.165) is 5.92 Å². The van der Waals surface area contributed by atoms with Crippen LogP contribution in [0.4, 0.5) is 0 Å². The number of rotatable bonds is 5. The maximum absolute atomic E-state index is 3.63. The van der Waals surface area contributed by atoms with Gasteiger partial charge in [-0.1, -0.05) is 27.7 Å². The summed E-state index contributed by atoms with van der Waals surface area (Å²) in [5, 5.41) is 3.63. The summed E-state index contributed by atoms with van der Waals surface area (Å²) in [6.45, 7) is 15.5. The molecular formula is C14H30N2. The summed E-state index contributed by atoms with van der Waals surface area (Å²) in [6.07, 6.45) is 4.05. The van der Waals surface area contributed by atoms with Gasteiger partial charge in [-0.3, -0.25) is 0 Å². The minimum Gasteiger partial charge on any atom is -0.316 e. The molecule has 0 unspecified atom stereocenters. The zero-order valence-electron chi connectivity index (χ0n) is 11.7. The fourth-order valence-electron chi connectivity index (χ4n) is 2.28. The molecule has 0 bridgehead atoms. The third-order valence-electron chi connectivity index (χ3n) is 3.64. The molecule has 0 aromatic rings. The molecule has 1 fully saturated rings. The molecule has 0 radical (unpaired) electrons. The van der Waals surface area contributed by atoms with E-state index in [9.17, 15) is 0 Å². The van der Waals surface area contributed by atoms with Crippen molar-refractivity contribution in [3.63, 3.8) is 0 Å². The largest absolute Gasteiger partial charge is 0.316 e. The van der Waals surface area contributed by atoms with Crippen LogP contribution in [-0.2, 0) is 0 Å². The summed E-state index contributed by atoms with van der Waals surface area (Å²) >= 11 is 0. The van der Waals surface area contributed by atoms with Crippen molar-refractivity contribution in [1.29, 1.82) is 0 Å². The van der Waals surface area contributed by atoms with Gasteiger partial charge in [0.15, 0.2) is 0 Å². The van der Waals surface area contributed by atoms with Gasteiger partial charge in [-0.15, -0.1) is 0 Å². The highest BCUT2D eigenvalue weighted by atomic mass is 15.1. The third kappa shape index (κ3) is 5.86. The van der Waals surface area contributed by atoms with Crippen LogP contribution >= 0.6 is 0 Å². The Morgan fingerprint density at radius 2 is 1.81 bits per heavy atom. The van der Waals surface area contributed by atoms with Crippen LogP contribution in [0.25, 0.3) is 0 Å². The molecule has 1 rings (SSSR count). The first-order chi connectivity index (χ1) is 7.51. The van der Waals surface area contributed by atoms with E-state index in [1.807, 2.05) is 0 Å². The highest BCUT2D eigenvalue weighted by molar-refractivity contribution is 4.73. The molecule has 0 saturated carbocycles. The Morgan fingerprint density at radius 3 is 2.31 bits per heavy atom. The van der Waals surface area contributed by atoms with Crippen molar-refractivity contribution in [3.05, 3.63) is 0 Å². The second-order valence-corrected chi connectivity index (χ2v) is 6.39. The molecule has 1 heterocycles. The summed E-state index contributed by atoms with van der Waals surface area (Å²) < 4.78 is 0. The Balaban J connectivity index is 2.02. The monoisotopic (exact) mass is 226 g/mol. The Kier molecular flexibility index (Phi) is 5.77. The number of likely N-dealkylation sites (tertiary alicyclic amines) is 1. The summed E-state index contributed by atoms with van der Waals surface area (Å²) in [7, 11) is 0. The van der Waals surface area contributed by atoms with E-state index < -0.39 is 0 Å². The molecule has 2 nitrogen and oxygen atoms in total. The van der Waals surface area contributed by atoms with Crippen molar-refractivity contribution in [2.75, 3.05) is 32.7 Å². The first-order valence-electron chi connectivity index (χ1n) is 6.94. The molecule has 2 heteroatoms. The summed E-state index contributed by atoms with van der Waals surface area (Å²) in [6, 6.07) is 0. The smallest absolute Gasteiger partial charge is 0.00157 e. The standard InChI is InChI=1S/C14H30N2/c1-5-16-10-6-13(7-11-16)12-15-9-8-14(2,3)4/h13,15H,5-12H2,1-4H3. The molecule has 1 aliphatic rings. The fraction of sp³-hybridized carbons (Fsp3) is 1.00. The number of hydrogen-bond acceptors (Lipinski definition) is 2. The van der Waals surface area contributed by atoms with E-state index in [2.05, 4.69) is 37.9 Å². The van der Waals surface area contributed by atoms with E-state index in [0.29, 0.717) is 5.41 Å². The summed E-state index contributed by atoms with van der Waals surface area (Å²) in [4.78, 5) is 2.56. The predicted octanol–water partition coefficient (Wildman–Crippen LogP) is 2.74. The van der Waals surface area contributed by atoms with Crippen molar-refractivity contribution in [2.45, 2.75) is 47.0 Å². The van der Waals surface area contributed by atoms with Crippen LogP contribution in [0.15, 0.2) is 0 Å². The molecule has 1 saturated heterocycles. The van der Waals surface area contributed by atoms with Crippen LogP contribution in [0, 0.1) is 11.3 Å². The molecule has 0 atom stereocenters. The molecule has 1 N–H and O–H groups in total. The van der Waals surface area contributed by atoms with Gasteiger partial charge in [0.05, 0.1) is 0 Å². The Bertz CT molecular complexity index is 176. The molecule has 16 heavy (non-hydrogen) atoms. The zero-order chi connectivity index (χ0) is 12.0. The fourth-order valence-corrected chi connectivity index (χ4v) is 2.28. The first kappa shape index (κ1) is 14.0. The topological polar surface area (TPSA) is 15.3 Å². The van der Waals surface area contributed by atoms with Crippen molar-refractivity contribution in [1.82, 2.24) is 10.2 Å². The molecule has 0 aromatic carbocycles. The second kappa shape index (κ2) is 6.61. The normalized spacial score (nSPS) is 20.2. The summed E-state index contributed by atoms with van der Waals surface area (Å²) in [5.74, 6) is 0.919.